The minimum atomic E-state index is -5.02. The Morgan fingerprint density at radius 3 is 2.05 bits per heavy atom. The van der Waals surface area contributed by atoms with Crippen molar-refractivity contribution in [2.24, 2.45) is 0 Å². The summed E-state index contributed by atoms with van der Waals surface area (Å²) in [6, 6.07) is 15.0. The van der Waals surface area contributed by atoms with E-state index in [4.69, 9.17) is 9.47 Å². The molecule has 4 aromatic rings. The van der Waals surface area contributed by atoms with Gasteiger partial charge in [0.25, 0.3) is 0 Å². The van der Waals surface area contributed by atoms with Crippen LogP contribution in [0.3, 0.4) is 0 Å². The standard InChI is InChI=1S/C31H31F6N5O2/c1-4-42(5-2)14-15-44-24-12-10-23(11-13-24)39-29-38-19-25(28(41-29)40-26-8-6-7-9-27(26)43-3)20-16-21(30(32,33)34)18-22(17-20)31(35,36)37/h6-13,16-19H,4-5,14-15H2,1-3H3,(H2,38,39,40,41). The van der Waals surface area contributed by atoms with Gasteiger partial charge < -0.3 is 25.0 Å². The van der Waals surface area contributed by atoms with Crippen LogP contribution in [0.5, 0.6) is 11.5 Å². The zero-order valence-electron chi connectivity index (χ0n) is 24.2. The SMILES string of the molecule is CCN(CC)CCOc1ccc(Nc2ncc(-c3cc(C(F)(F)F)cc(C(F)(F)F)c3)c(Nc3ccccc3OC)n2)cc1. The summed E-state index contributed by atoms with van der Waals surface area (Å²) in [4.78, 5) is 10.9. The highest BCUT2D eigenvalue weighted by atomic mass is 19.4. The van der Waals surface area contributed by atoms with Crippen molar-refractivity contribution in [1.82, 2.24) is 14.9 Å². The molecule has 0 aliphatic carbocycles. The fraction of sp³-hybridized carbons (Fsp3) is 0.290. The van der Waals surface area contributed by atoms with Crippen LogP contribution in [0.25, 0.3) is 11.1 Å². The molecule has 0 bridgehead atoms. The van der Waals surface area contributed by atoms with Crippen LogP contribution in [0.2, 0.25) is 0 Å². The van der Waals surface area contributed by atoms with E-state index in [9.17, 15) is 26.3 Å². The highest BCUT2D eigenvalue weighted by Crippen LogP contribution is 2.41. The Balaban J connectivity index is 1.68. The van der Waals surface area contributed by atoms with Crippen molar-refractivity contribution in [1.29, 1.82) is 0 Å². The smallest absolute Gasteiger partial charge is 0.416 e. The van der Waals surface area contributed by atoms with Gasteiger partial charge in [0, 0.05) is 24.0 Å². The van der Waals surface area contributed by atoms with E-state index in [1.54, 1.807) is 48.5 Å². The van der Waals surface area contributed by atoms with E-state index in [0.29, 0.717) is 41.6 Å². The summed E-state index contributed by atoms with van der Waals surface area (Å²) in [5, 5.41) is 5.99. The molecule has 7 nitrogen and oxygen atoms in total. The Morgan fingerprint density at radius 1 is 0.818 bits per heavy atom. The first-order valence-corrected chi connectivity index (χ1v) is 13.7. The van der Waals surface area contributed by atoms with Gasteiger partial charge in [0.15, 0.2) is 0 Å². The normalized spacial score (nSPS) is 11.9. The molecule has 13 heteroatoms. The molecule has 2 N–H and O–H groups in total. The molecule has 44 heavy (non-hydrogen) atoms. The van der Waals surface area contributed by atoms with Gasteiger partial charge in [0.1, 0.15) is 23.9 Å². The lowest BCUT2D eigenvalue weighted by molar-refractivity contribution is -0.143. The van der Waals surface area contributed by atoms with Gasteiger partial charge in [-0.2, -0.15) is 31.3 Å². The molecular weight excluding hydrogens is 588 g/mol. The number of anilines is 4. The lowest BCUT2D eigenvalue weighted by atomic mass is 10.00. The van der Waals surface area contributed by atoms with Gasteiger partial charge in [0.2, 0.25) is 5.95 Å². The zero-order chi connectivity index (χ0) is 31.9. The Labute approximate surface area is 250 Å². The molecule has 234 valence electrons. The van der Waals surface area contributed by atoms with Crippen LogP contribution in [0.15, 0.2) is 72.9 Å². The maximum absolute atomic E-state index is 13.6. The molecule has 3 aromatic carbocycles. The monoisotopic (exact) mass is 619 g/mol. The molecule has 0 radical (unpaired) electrons. The highest BCUT2D eigenvalue weighted by Gasteiger charge is 2.37. The van der Waals surface area contributed by atoms with Crippen molar-refractivity contribution in [3.05, 3.63) is 84.1 Å². The molecule has 0 atom stereocenters. The van der Waals surface area contributed by atoms with E-state index in [1.165, 1.54) is 7.11 Å². The average molecular weight is 620 g/mol. The fourth-order valence-electron chi connectivity index (χ4n) is 4.33. The van der Waals surface area contributed by atoms with Gasteiger partial charge in [-0.05, 0) is 73.3 Å². The van der Waals surface area contributed by atoms with Gasteiger partial charge >= 0.3 is 12.4 Å². The summed E-state index contributed by atoms with van der Waals surface area (Å²) in [6.45, 7) is 7.30. The summed E-state index contributed by atoms with van der Waals surface area (Å²) in [7, 11) is 1.42. The number of rotatable bonds is 12. The Kier molecular flexibility index (Phi) is 10.2. The van der Waals surface area contributed by atoms with Crippen LogP contribution in [0.4, 0.5) is 49.5 Å². The van der Waals surface area contributed by atoms with Crippen LogP contribution >= 0.6 is 0 Å². The molecule has 0 fully saturated rings. The number of para-hydroxylation sites is 2. The van der Waals surface area contributed by atoms with Crippen molar-refractivity contribution in [3.8, 4) is 22.6 Å². The van der Waals surface area contributed by atoms with Crippen molar-refractivity contribution in [2.75, 3.05) is 44.0 Å². The summed E-state index contributed by atoms with van der Waals surface area (Å²) in [5.74, 6) is 1.03. The van der Waals surface area contributed by atoms with Crippen LogP contribution < -0.4 is 20.1 Å². The van der Waals surface area contributed by atoms with E-state index < -0.39 is 23.5 Å². The van der Waals surface area contributed by atoms with Crippen molar-refractivity contribution >= 4 is 23.1 Å². The molecular formula is C31H31F6N5O2. The number of aromatic nitrogens is 2. The second-order valence-electron chi connectivity index (χ2n) is 9.60. The van der Waals surface area contributed by atoms with Crippen molar-refractivity contribution < 1.29 is 35.8 Å². The first kappa shape index (κ1) is 32.4. The van der Waals surface area contributed by atoms with Crippen molar-refractivity contribution in [2.45, 2.75) is 26.2 Å². The molecule has 0 spiro atoms. The number of nitrogens with zero attached hydrogens (tertiary/aromatic N) is 3. The fourth-order valence-corrected chi connectivity index (χ4v) is 4.33. The predicted molar refractivity (Wildman–Crippen MR) is 157 cm³/mol. The quantitative estimate of drug-likeness (QED) is 0.154. The average Bonchev–Trinajstić information content (AvgIpc) is 2.99. The molecule has 0 aliphatic rings. The lowest BCUT2D eigenvalue weighted by Gasteiger charge is -2.18. The molecule has 1 heterocycles. The largest absolute Gasteiger partial charge is 0.495 e. The van der Waals surface area contributed by atoms with Crippen LogP contribution in [-0.4, -0.2) is 48.2 Å². The van der Waals surface area contributed by atoms with E-state index in [0.717, 1.165) is 25.8 Å². The van der Waals surface area contributed by atoms with E-state index in [-0.39, 0.29) is 29.0 Å². The van der Waals surface area contributed by atoms with Crippen molar-refractivity contribution in [3.63, 3.8) is 0 Å². The Morgan fingerprint density at radius 2 is 1.45 bits per heavy atom. The third-order valence-corrected chi connectivity index (χ3v) is 6.73. The molecule has 0 aliphatic heterocycles. The molecule has 1 aromatic heterocycles. The third-order valence-electron chi connectivity index (χ3n) is 6.73. The predicted octanol–water partition coefficient (Wildman–Crippen LogP) is 8.40. The van der Waals surface area contributed by atoms with E-state index in [1.807, 2.05) is 0 Å². The summed E-state index contributed by atoms with van der Waals surface area (Å²) < 4.78 is 92.9. The summed E-state index contributed by atoms with van der Waals surface area (Å²) >= 11 is 0. The number of benzene rings is 3. The first-order chi connectivity index (χ1) is 20.9. The number of hydrogen-bond acceptors (Lipinski definition) is 7. The number of methoxy groups -OCH3 is 1. The van der Waals surface area contributed by atoms with Gasteiger partial charge in [-0.15, -0.1) is 0 Å². The zero-order valence-corrected chi connectivity index (χ0v) is 24.2. The molecule has 4 rings (SSSR count). The van der Waals surface area contributed by atoms with Crippen LogP contribution in [-0.2, 0) is 12.4 Å². The minimum absolute atomic E-state index is 0.0456. The summed E-state index contributed by atoms with van der Waals surface area (Å²) in [5.41, 5.74) is -2.40. The second kappa shape index (κ2) is 13.8. The summed E-state index contributed by atoms with van der Waals surface area (Å²) in [6.07, 6.45) is -8.88. The second-order valence-corrected chi connectivity index (χ2v) is 9.60. The van der Waals surface area contributed by atoms with Crippen LogP contribution in [0.1, 0.15) is 25.0 Å². The molecule has 0 saturated carbocycles. The first-order valence-electron chi connectivity index (χ1n) is 13.7. The van der Waals surface area contributed by atoms with Crippen LogP contribution in [0, 0.1) is 0 Å². The van der Waals surface area contributed by atoms with E-state index in [2.05, 4.69) is 39.3 Å². The number of likely N-dealkylation sites (N-methyl/N-ethyl adjacent to an activating group) is 1. The number of alkyl halides is 6. The minimum Gasteiger partial charge on any atom is -0.495 e. The molecule has 0 amide bonds. The Hall–Kier alpha value is -4.52. The highest BCUT2D eigenvalue weighted by molar-refractivity contribution is 5.81. The van der Waals surface area contributed by atoms with Gasteiger partial charge in [0.05, 0.1) is 23.9 Å². The topological polar surface area (TPSA) is 71.5 Å². The number of nitrogens with one attached hydrogen (secondary N) is 2. The number of halogens is 6. The van der Waals surface area contributed by atoms with E-state index >= 15 is 0 Å². The lowest BCUT2D eigenvalue weighted by Crippen LogP contribution is -2.27. The Bertz CT molecular complexity index is 1510. The maximum Gasteiger partial charge on any atom is 0.416 e. The number of hydrogen-bond donors (Lipinski definition) is 2. The van der Waals surface area contributed by atoms with Gasteiger partial charge in [-0.3, -0.25) is 0 Å². The maximum atomic E-state index is 13.6. The van der Waals surface area contributed by atoms with Gasteiger partial charge in [-0.1, -0.05) is 26.0 Å². The number of ether oxygens (including phenoxy) is 2. The van der Waals surface area contributed by atoms with Gasteiger partial charge in [-0.25, -0.2) is 4.98 Å². The molecule has 0 unspecified atom stereocenters. The third kappa shape index (κ3) is 8.31. The molecule has 0 saturated heterocycles.